The number of benzene rings is 1. The largest absolute Gasteiger partial charge is 0.427 e. The maximum atomic E-state index is 12.8. The molecule has 2 heterocycles. The molecule has 9 nitrogen and oxygen atoms in total. The monoisotopic (exact) mass is 546 g/mol. The summed E-state index contributed by atoms with van der Waals surface area (Å²) >= 11 is 14.5. The van der Waals surface area contributed by atoms with Gasteiger partial charge in [0.1, 0.15) is 11.4 Å². The predicted octanol–water partition coefficient (Wildman–Crippen LogP) is 4.42. The van der Waals surface area contributed by atoms with E-state index in [0.29, 0.717) is 10.9 Å². The third-order valence-corrected chi connectivity index (χ3v) is 7.39. The van der Waals surface area contributed by atoms with Crippen LogP contribution in [0.1, 0.15) is 19.4 Å². The maximum Gasteiger partial charge on any atom is 0.409 e. The average Bonchev–Trinajstić information content (AvgIpc) is 3.08. The zero-order valence-corrected chi connectivity index (χ0v) is 21.6. The molecule has 0 fully saturated rings. The second kappa shape index (κ2) is 11.2. The molecule has 2 atom stereocenters. The van der Waals surface area contributed by atoms with E-state index in [9.17, 15) is 19.1 Å². The summed E-state index contributed by atoms with van der Waals surface area (Å²) in [5.74, 6) is -0.0358. The standard InChI is InChI=1S/C21H25Cl2N4O5PS/c1-14(2)17-18(22)26-19(27(17)23)21(12-15-8-10-24-11-9-15,34-16-6-4-3-5-7-16)32-20(28)25-13-33(29,30)31/h3-11,14,19,26H,12-13H2,1-2H3,(H,25,28)(H2,29,30,31). The Kier molecular flexibility index (Phi) is 8.78. The Morgan fingerprint density at radius 2 is 1.94 bits per heavy atom. The zero-order valence-electron chi connectivity index (χ0n) is 18.4. The molecule has 3 rings (SSSR count). The van der Waals surface area contributed by atoms with E-state index < -0.39 is 31.1 Å². The summed E-state index contributed by atoms with van der Waals surface area (Å²) in [4.78, 5) is 34.6. The number of pyridine rings is 1. The van der Waals surface area contributed by atoms with Gasteiger partial charge in [-0.25, -0.2) is 4.79 Å². The highest BCUT2D eigenvalue weighted by Gasteiger charge is 2.51. The van der Waals surface area contributed by atoms with Gasteiger partial charge in [0.25, 0.3) is 0 Å². The molecule has 0 spiro atoms. The van der Waals surface area contributed by atoms with Crippen molar-refractivity contribution in [2.45, 2.75) is 36.3 Å². The highest BCUT2D eigenvalue weighted by atomic mass is 35.5. The van der Waals surface area contributed by atoms with E-state index in [1.807, 2.05) is 44.2 Å². The van der Waals surface area contributed by atoms with Crippen molar-refractivity contribution >= 4 is 48.8 Å². The Hall–Kier alpha value is -1.94. The van der Waals surface area contributed by atoms with Crippen molar-refractivity contribution in [3.8, 4) is 0 Å². The van der Waals surface area contributed by atoms with E-state index in [0.717, 1.165) is 10.5 Å². The molecule has 13 heteroatoms. The SMILES string of the molecule is CC(C)C1=C(Cl)NC(C(Cc2ccncc2)(OC(=O)NCP(=O)(O)O)Sc2ccccc2)N1Cl. The average molecular weight is 547 g/mol. The number of ether oxygens (including phenoxy) is 1. The topological polar surface area (TPSA) is 124 Å². The lowest BCUT2D eigenvalue weighted by atomic mass is 10.1. The number of rotatable bonds is 9. The van der Waals surface area contributed by atoms with Crippen LogP contribution in [0, 0.1) is 5.92 Å². The number of amides is 1. The van der Waals surface area contributed by atoms with Crippen molar-refractivity contribution in [2.75, 3.05) is 6.29 Å². The first-order valence-electron chi connectivity index (χ1n) is 10.3. The van der Waals surface area contributed by atoms with Crippen LogP contribution in [0.2, 0.25) is 0 Å². The molecule has 4 N–H and O–H groups in total. The Morgan fingerprint density at radius 3 is 2.50 bits per heavy atom. The molecule has 0 radical (unpaired) electrons. The van der Waals surface area contributed by atoms with Gasteiger partial charge >= 0.3 is 13.7 Å². The number of hydrogen-bond acceptors (Lipinski definition) is 7. The molecular weight excluding hydrogens is 522 g/mol. The number of nitrogens with one attached hydrogen (secondary N) is 2. The van der Waals surface area contributed by atoms with Crippen LogP contribution in [0.5, 0.6) is 0 Å². The Balaban J connectivity index is 2.05. The van der Waals surface area contributed by atoms with Crippen LogP contribution in [-0.4, -0.2) is 42.7 Å². The van der Waals surface area contributed by atoms with Crippen LogP contribution in [0.15, 0.2) is 70.6 Å². The third-order valence-electron chi connectivity index (χ3n) is 4.84. The van der Waals surface area contributed by atoms with Gasteiger partial charge in [-0.2, -0.15) is 0 Å². The fourth-order valence-electron chi connectivity index (χ4n) is 3.40. The number of allylic oxidation sites excluding steroid dienone is 1. The quantitative estimate of drug-likeness (QED) is 0.119. The molecule has 34 heavy (non-hydrogen) atoms. The maximum absolute atomic E-state index is 12.8. The minimum atomic E-state index is -4.50. The van der Waals surface area contributed by atoms with Gasteiger partial charge in [-0.15, -0.1) is 0 Å². The first-order valence-corrected chi connectivity index (χ1v) is 13.6. The van der Waals surface area contributed by atoms with Crippen LogP contribution in [0.4, 0.5) is 4.79 Å². The smallest absolute Gasteiger partial charge is 0.409 e. The van der Waals surface area contributed by atoms with Gasteiger partial charge in [0.05, 0.1) is 5.70 Å². The molecular formula is C21H25Cl2N4O5PS. The van der Waals surface area contributed by atoms with Gasteiger partial charge in [0, 0.05) is 35.5 Å². The lowest BCUT2D eigenvalue weighted by Crippen LogP contribution is -2.56. The number of nitrogens with zero attached hydrogens (tertiary/aromatic N) is 2. The fourth-order valence-corrected chi connectivity index (χ4v) is 6.06. The molecule has 1 aromatic carbocycles. The lowest BCUT2D eigenvalue weighted by molar-refractivity contribution is 0.0325. The summed E-state index contributed by atoms with van der Waals surface area (Å²) in [6.07, 6.45) is 0.708. The van der Waals surface area contributed by atoms with Gasteiger partial charge in [-0.1, -0.05) is 55.4 Å². The van der Waals surface area contributed by atoms with E-state index in [1.54, 1.807) is 24.5 Å². The first kappa shape index (κ1) is 26.7. The Morgan fingerprint density at radius 1 is 1.29 bits per heavy atom. The van der Waals surface area contributed by atoms with Crippen LogP contribution in [0.3, 0.4) is 0 Å². The molecule has 1 aliphatic rings. The van der Waals surface area contributed by atoms with Crippen molar-refractivity contribution in [1.82, 2.24) is 20.0 Å². The van der Waals surface area contributed by atoms with Crippen LogP contribution < -0.4 is 10.6 Å². The number of carbonyl (C=O) groups is 1. The molecule has 0 saturated carbocycles. The minimum absolute atomic E-state index is 0.0358. The van der Waals surface area contributed by atoms with Gasteiger partial charge in [-0.3, -0.25) is 14.0 Å². The normalized spacial score (nSPS) is 18.0. The van der Waals surface area contributed by atoms with Gasteiger partial charge < -0.3 is 25.2 Å². The van der Waals surface area contributed by atoms with Crippen molar-refractivity contribution in [3.05, 3.63) is 71.3 Å². The van der Waals surface area contributed by atoms with Crippen LogP contribution in [-0.2, 0) is 15.7 Å². The van der Waals surface area contributed by atoms with E-state index in [1.165, 1.54) is 16.2 Å². The van der Waals surface area contributed by atoms with Gasteiger partial charge in [-0.05, 0) is 35.7 Å². The summed E-state index contributed by atoms with van der Waals surface area (Å²) in [5.41, 5.74) is 1.42. The van der Waals surface area contributed by atoms with Crippen LogP contribution >= 0.6 is 42.7 Å². The summed E-state index contributed by atoms with van der Waals surface area (Å²) in [7, 11) is -4.50. The highest BCUT2D eigenvalue weighted by Crippen LogP contribution is 2.46. The zero-order chi connectivity index (χ0) is 24.9. The van der Waals surface area contributed by atoms with E-state index >= 15 is 0 Å². The molecule has 2 unspecified atom stereocenters. The van der Waals surface area contributed by atoms with Crippen molar-refractivity contribution in [1.29, 1.82) is 0 Å². The molecule has 1 aliphatic heterocycles. The highest BCUT2D eigenvalue weighted by molar-refractivity contribution is 8.00. The Labute approximate surface area is 212 Å². The van der Waals surface area contributed by atoms with Gasteiger partial charge in [0.2, 0.25) is 4.93 Å². The number of hydrogen-bond donors (Lipinski definition) is 4. The van der Waals surface area contributed by atoms with E-state index in [-0.39, 0.29) is 12.3 Å². The molecule has 0 bridgehead atoms. The summed E-state index contributed by atoms with van der Waals surface area (Å²) < 4.78 is 18.7. The van der Waals surface area contributed by atoms with Crippen molar-refractivity contribution in [2.24, 2.45) is 5.92 Å². The van der Waals surface area contributed by atoms with Crippen LogP contribution in [0.25, 0.3) is 0 Å². The number of carbonyl (C=O) groups excluding carboxylic acids is 1. The summed E-state index contributed by atoms with van der Waals surface area (Å²) in [6, 6.07) is 12.8. The molecule has 0 saturated heterocycles. The fraction of sp³-hybridized carbons (Fsp3) is 0.333. The molecule has 0 aliphatic carbocycles. The minimum Gasteiger partial charge on any atom is -0.427 e. The number of alkyl carbamates (subject to hydrolysis) is 1. The second-order valence-electron chi connectivity index (χ2n) is 7.86. The van der Waals surface area contributed by atoms with E-state index in [4.69, 9.17) is 28.1 Å². The molecule has 2 aromatic rings. The van der Waals surface area contributed by atoms with Crippen molar-refractivity contribution < 1.29 is 23.9 Å². The van der Waals surface area contributed by atoms with Gasteiger partial charge in [0.15, 0.2) is 6.17 Å². The first-order chi connectivity index (χ1) is 16.0. The number of halogens is 2. The summed E-state index contributed by atoms with van der Waals surface area (Å²) in [6.45, 7) is 3.86. The third kappa shape index (κ3) is 6.81. The number of aromatic nitrogens is 1. The lowest BCUT2D eigenvalue weighted by Gasteiger charge is -2.40. The second-order valence-corrected chi connectivity index (χ2v) is 11.6. The molecule has 1 amide bonds. The Bertz CT molecular complexity index is 1030. The van der Waals surface area contributed by atoms with Crippen molar-refractivity contribution in [3.63, 3.8) is 0 Å². The predicted molar refractivity (Wildman–Crippen MR) is 132 cm³/mol. The molecule has 184 valence electrons. The van der Waals surface area contributed by atoms with E-state index in [2.05, 4.69) is 15.6 Å². The summed E-state index contributed by atoms with van der Waals surface area (Å²) in [5, 5.41) is 5.61. The molecule has 1 aromatic heterocycles. The number of thioether (sulfide) groups is 1.